The number of thioether (sulfide) groups is 1. The van der Waals surface area contributed by atoms with Crippen molar-refractivity contribution in [1.29, 1.82) is 0 Å². The molecule has 0 atom stereocenters. The number of benzene rings is 1. The number of aromatic amines is 2. The second kappa shape index (κ2) is 7.00. The Balaban J connectivity index is 1.48. The van der Waals surface area contributed by atoms with Crippen molar-refractivity contribution in [2.45, 2.75) is 6.54 Å². The van der Waals surface area contributed by atoms with Crippen LogP contribution in [0.25, 0.3) is 16.9 Å². The lowest BCUT2D eigenvalue weighted by Gasteiger charge is -2.24. The molecule has 1 amide bonds. The average molecular weight is 402 g/mol. The van der Waals surface area contributed by atoms with Crippen LogP contribution >= 0.6 is 11.8 Å². The van der Waals surface area contributed by atoms with Crippen LogP contribution in [0.5, 0.6) is 5.75 Å². The molecule has 1 aliphatic heterocycles. The molecule has 146 valence electrons. The number of hydrogen-bond acceptors (Lipinski definition) is 6. The van der Waals surface area contributed by atoms with Crippen LogP contribution in [0.1, 0.15) is 5.56 Å². The van der Waals surface area contributed by atoms with Gasteiger partial charge in [0.15, 0.2) is 11.2 Å². The zero-order valence-electron chi connectivity index (χ0n) is 15.2. The fraction of sp³-hybridized carbons (Fsp3) is 0.235. The van der Waals surface area contributed by atoms with Crippen LogP contribution in [-0.4, -0.2) is 43.2 Å². The third-order valence-corrected chi connectivity index (χ3v) is 5.24. The molecule has 3 N–H and O–H groups in total. The van der Waals surface area contributed by atoms with Crippen molar-refractivity contribution in [2.24, 2.45) is 7.05 Å². The molecule has 1 aromatic carbocycles. The molecule has 28 heavy (non-hydrogen) atoms. The van der Waals surface area contributed by atoms with Crippen molar-refractivity contribution < 1.29 is 9.53 Å². The van der Waals surface area contributed by atoms with Gasteiger partial charge in [0.2, 0.25) is 0 Å². The number of ether oxygens (including phenoxy) is 1. The van der Waals surface area contributed by atoms with Crippen molar-refractivity contribution in [3.05, 3.63) is 56.1 Å². The summed E-state index contributed by atoms with van der Waals surface area (Å²) in [5.41, 5.74) is 4.28. The predicted octanol–water partition coefficient (Wildman–Crippen LogP) is 0.401. The molecule has 0 fully saturated rings. The first-order valence-electron chi connectivity index (χ1n) is 8.38. The lowest BCUT2D eigenvalue weighted by atomic mass is 10.1. The molecule has 4 rings (SSSR count). The summed E-state index contributed by atoms with van der Waals surface area (Å²) < 4.78 is 7.86. The van der Waals surface area contributed by atoms with E-state index in [1.54, 1.807) is 23.9 Å². The minimum absolute atomic E-state index is 0.0780. The maximum absolute atomic E-state index is 12.5. The van der Waals surface area contributed by atoms with Gasteiger partial charge in [-0.05, 0) is 29.7 Å². The number of H-pyrrole nitrogens is 2. The lowest BCUT2D eigenvalue weighted by molar-refractivity contribution is -0.125. The zero-order valence-corrected chi connectivity index (χ0v) is 16.0. The number of rotatable bonds is 5. The van der Waals surface area contributed by atoms with E-state index in [1.807, 2.05) is 29.7 Å². The highest BCUT2D eigenvalue weighted by Gasteiger charge is 2.21. The largest absolute Gasteiger partial charge is 0.497 e. The van der Waals surface area contributed by atoms with Gasteiger partial charge in [0, 0.05) is 12.6 Å². The SMILES string of the molecule is COc1ccc(C2=CSCN2NC(=O)Cn2[nH]c3c2c(=O)[nH]c(=O)n3C)cc1. The fourth-order valence-electron chi connectivity index (χ4n) is 2.97. The molecule has 0 aliphatic carbocycles. The van der Waals surface area contributed by atoms with Crippen LogP contribution in [0.2, 0.25) is 0 Å². The second-order valence-corrected chi connectivity index (χ2v) is 7.03. The first-order valence-corrected chi connectivity index (χ1v) is 9.43. The van der Waals surface area contributed by atoms with Crippen LogP contribution < -0.4 is 21.4 Å². The number of nitrogens with one attached hydrogen (secondary N) is 3. The summed E-state index contributed by atoms with van der Waals surface area (Å²) in [5, 5.41) is 6.57. The van der Waals surface area contributed by atoms with Gasteiger partial charge in [0.1, 0.15) is 12.3 Å². The molecule has 0 saturated carbocycles. The number of fused-ring (bicyclic) bond motifs is 1. The Kier molecular flexibility index (Phi) is 4.51. The molecule has 10 nitrogen and oxygen atoms in total. The topological polar surface area (TPSA) is 117 Å². The average Bonchev–Trinajstić information content (AvgIpc) is 3.11. The summed E-state index contributed by atoms with van der Waals surface area (Å²) in [5.74, 6) is 1.03. The van der Waals surface area contributed by atoms with Gasteiger partial charge in [0.25, 0.3) is 11.5 Å². The number of hydrogen-bond donors (Lipinski definition) is 3. The predicted molar refractivity (Wildman–Crippen MR) is 106 cm³/mol. The van der Waals surface area contributed by atoms with Crippen molar-refractivity contribution in [3.8, 4) is 5.75 Å². The third-order valence-electron chi connectivity index (χ3n) is 4.45. The van der Waals surface area contributed by atoms with Crippen molar-refractivity contribution >= 4 is 34.5 Å². The first-order chi connectivity index (χ1) is 13.5. The normalized spacial score (nSPS) is 13.8. The van der Waals surface area contributed by atoms with Crippen molar-refractivity contribution in [3.63, 3.8) is 0 Å². The molecule has 1 aliphatic rings. The number of hydrazine groups is 1. The monoisotopic (exact) mass is 402 g/mol. The molecule has 3 aromatic rings. The van der Waals surface area contributed by atoms with E-state index in [4.69, 9.17) is 4.74 Å². The van der Waals surface area contributed by atoms with Gasteiger partial charge < -0.3 is 4.74 Å². The minimum Gasteiger partial charge on any atom is -0.497 e. The van der Waals surface area contributed by atoms with Gasteiger partial charge in [-0.2, -0.15) is 0 Å². The quantitative estimate of drug-likeness (QED) is 0.569. The number of nitrogens with zero attached hydrogens (tertiary/aromatic N) is 3. The second-order valence-electron chi connectivity index (χ2n) is 6.20. The summed E-state index contributed by atoms with van der Waals surface area (Å²) in [6.45, 7) is -0.0780. The zero-order chi connectivity index (χ0) is 19.8. The number of aromatic nitrogens is 4. The van der Waals surface area contributed by atoms with E-state index in [1.165, 1.54) is 16.3 Å². The maximum Gasteiger partial charge on any atom is 0.329 e. The number of carbonyl (C=O) groups is 1. The number of aryl methyl sites for hydroxylation is 1. The molecule has 0 bridgehead atoms. The standard InChI is InChI=1S/C17H18N6O4S/c1-21-15-14(16(25)18-17(21)26)22(20-15)7-13(24)19-23-9-28-8-12(23)10-3-5-11(27-2)6-4-10/h3-6,8,20H,7,9H2,1-2H3,(H,19,24)(H,18,25,26). The van der Waals surface area contributed by atoms with Gasteiger partial charge in [-0.3, -0.25) is 39.4 Å². The highest BCUT2D eigenvalue weighted by Crippen LogP contribution is 2.30. The van der Waals surface area contributed by atoms with E-state index >= 15 is 0 Å². The minimum atomic E-state index is -0.528. The Hall–Kier alpha value is -3.34. The summed E-state index contributed by atoms with van der Waals surface area (Å²) in [6.07, 6.45) is 0. The smallest absolute Gasteiger partial charge is 0.329 e. The summed E-state index contributed by atoms with van der Waals surface area (Å²) in [7, 11) is 3.14. The maximum atomic E-state index is 12.5. The molecular weight excluding hydrogens is 384 g/mol. The van der Waals surface area contributed by atoms with Gasteiger partial charge in [-0.1, -0.05) is 0 Å². The van der Waals surface area contributed by atoms with E-state index in [-0.39, 0.29) is 18.0 Å². The molecular formula is C17H18N6O4S. The molecule has 0 unspecified atom stereocenters. The van der Waals surface area contributed by atoms with Crippen molar-refractivity contribution in [2.75, 3.05) is 13.0 Å². The molecule has 0 spiro atoms. The summed E-state index contributed by atoms with van der Waals surface area (Å²) in [6, 6.07) is 7.55. The fourth-order valence-corrected chi connectivity index (χ4v) is 3.82. The Morgan fingerprint density at radius 1 is 1.29 bits per heavy atom. The third kappa shape index (κ3) is 3.09. The Labute approximate surface area is 162 Å². The van der Waals surface area contributed by atoms with Gasteiger partial charge in [-0.25, -0.2) is 4.79 Å². The van der Waals surface area contributed by atoms with Gasteiger partial charge >= 0.3 is 5.69 Å². The Morgan fingerprint density at radius 2 is 2.04 bits per heavy atom. The number of carbonyl (C=O) groups excluding carboxylic acids is 1. The van der Waals surface area contributed by atoms with E-state index in [2.05, 4.69) is 15.5 Å². The lowest BCUT2D eigenvalue weighted by Crippen LogP contribution is -2.42. The molecule has 0 saturated heterocycles. The van der Waals surface area contributed by atoms with Crippen LogP contribution in [-0.2, 0) is 18.4 Å². The highest BCUT2D eigenvalue weighted by atomic mass is 32.2. The molecule has 2 aromatic heterocycles. The van der Waals surface area contributed by atoms with Crippen LogP contribution in [0.15, 0.2) is 39.3 Å². The summed E-state index contributed by atoms with van der Waals surface area (Å²) >= 11 is 1.57. The van der Waals surface area contributed by atoms with Crippen LogP contribution in [0.4, 0.5) is 0 Å². The number of methoxy groups -OCH3 is 1. The Morgan fingerprint density at radius 3 is 2.75 bits per heavy atom. The Bertz CT molecular complexity index is 1180. The van der Waals surface area contributed by atoms with E-state index in [0.29, 0.717) is 11.5 Å². The van der Waals surface area contributed by atoms with E-state index in [9.17, 15) is 14.4 Å². The highest BCUT2D eigenvalue weighted by molar-refractivity contribution is 8.02. The van der Waals surface area contributed by atoms with E-state index < -0.39 is 11.2 Å². The summed E-state index contributed by atoms with van der Waals surface area (Å²) in [4.78, 5) is 38.2. The molecule has 3 heterocycles. The van der Waals surface area contributed by atoms with Gasteiger partial charge in [-0.15, -0.1) is 11.8 Å². The van der Waals surface area contributed by atoms with Crippen molar-refractivity contribution in [1.82, 2.24) is 29.8 Å². The first kappa shape index (κ1) is 18.0. The molecule has 11 heteroatoms. The van der Waals surface area contributed by atoms with Crippen LogP contribution in [0, 0.1) is 0 Å². The number of amides is 1. The van der Waals surface area contributed by atoms with E-state index in [0.717, 1.165) is 17.0 Å². The van der Waals surface area contributed by atoms with Gasteiger partial charge in [0.05, 0.1) is 18.7 Å². The van der Waals surface area contributed by atoms with Crippen LogP contribution in [0.3, 0.4) is 0 Å². The molecule has 0 radical (unpaired) electrons.